The van der Waals surface area contributed by atoms with Crippen molar-refractivity contribution >= 4 is 25.4 Å². The second-order valence-corrected chi connectivity index (χ2v) is 14.2. The molecular weight excluding hydrogens is 485 g/mol. The maximum atomic E-state index is 13.2. The molecule has 2 unspecified atom stereocenters. The minimum Gasteiger partial charge on any atom is -0.460 e. The van der Waals surface area contributed by atoms with Gasteiger partial charge in [0.2, 0.25) is 7.37 Å². The van der Waals surface area contributed by atoms with E-state index in [0.29, 0.717) is 5.56 Å². The van der Waals surface area contributed by atoms with E-state index in [4.69, 9.17) is 14.2 Å². The van der Waals surface area contributed by atoms with Crippen molar-refractivity contribution in [2.75, 3.05) is 6.16 Å². The van der Waals surface area contributed by atoms with Gasteiger partial charge in [0.15, 0.2) is 0 Å². The average Bonchev–Trinajstić information content (AvgIpc) is 2.62. The highest BCUT2D eigenvalue weighted by Gasteiger charge is 2.38. The molecule has 2 N–H and O–H groups in total. The predicted octanol–water partition coefficient (Wildman–Crippen LogP) is 5.04. The summed E-state index contributed by atoms with van der Waals surface area (Å²) in [5.41, 5.74) is -1.93. The summed E-state index contributed by atoms with van der Waals surface area (Å²) in [5, 5.41) is 2.46. The molecule has 0 aromatic heterocycles. The smallest absolute Gasteiger partial charge is 0.408 e. The quantitative estimate of drug-likeness (QED) is 0.260. The van der Waals surface area contributed by atoms with Crippen molar-refractivity contribution in [1.82, 2.24) is 5.32 Å². The number of alkyl carbamates (subject to hydrolysis) is 1. The number of esters is 2. The Kier molecular flexibility index (Phi) is 10.8. The molecule has 1 aromatic rings. The van der Waals surface area contributed by atoms with Gasteiger partial charge in [-0.25, -0.2) is 9.59 Å². The molecule has 0 saturated heterocycles. The van der Waals surface area contributed by atoms with Gasteiger partial charge in [-0.05, 0) is 74.3 Å². The number of ether oxygens (including phenoxy) is 3. The Balaban J connectivity index is 3.26. The van der Waals surface area contributed by atoms with Crippen molar-refractivity contribution < 1.29 is 38.1 Å². The molecule has 36 heavy (non-hydrogen) atoms. The zero-order valence-electron chi connectivity index (χ0n) is 22.9. The Hall–Kier alpha value is -2.38. The largest absolute Gasteiger partial charge is 0.460 e. The molecule has 1 aromatic carbocycles. The Labute approximate surface area is 214 Å². The molecule has 0 heterocycles. The Bertz CT molecular complexity index is 941. The summed E-state index contributed by atoms with van der Waals surface area (Å²) < 4.78 is 29.4. The molecule has 0 aliphatic heterocycles. The molecule has 0 aliphatic rings. The van der Waals surface area contributed by atoms with Crippen LogP contribution in [0.25, 0.3) is 0 Å². The Morgan fingerprint density at radius 3 is 1.78 bits per heavy atom. The van der Waals surface area contributed by atoms with Gasteiger partial charge in [0, 0.05) is 12.3 Å². The van der Waals surface area contributed by atoms with Crippen LogP contribution in [0.4, 0.5) is 4.79 Å². The van der Waals surface area contributed by atoms with E-state index in [-0.39, 0.29) is 12.6 Å². The van der Waals surface area contributed by atoms with Crippen LogP contribution in [0, 0.1) is 5.92 Å². The first-order chi connectivity index (χ1) is 16.2. The van der Waals surface area contributed by atoms with Gasteiger partial charge in [-0.15, -0.1) is 0 Å². The van der Waals surface area contributed by atoms with E-state index in [1.54, 1.807) is 92.6 Å². The van der Waals surface area contributed by atoms with E-state index in [1.165, 1.54) is 0 Å². The first kappa shape index (κ1) is 31.6. The van der Waals surface area contributed by atoms with Crippen molar-refractivity contribution in [2.45, 2.75) is 97.7 Å². The minimum absolute atomic E-state index is 0.149. The SMILES string of the molecule is CC(C)(C)OC(=O)N[C@@H](CC(CP(=O)(O)Cc1ccccc1)C(=O)OC(C)(C)C)C(=O)OC(C)(C)C. The zero-order valence-corrected chi connectivity index (χ0v) is 23.8. The van der Waals surface area contributed by atoms with Crippen molar-refractivity contribution in [3.63, 3.8) is 0 Å². The molecule has 0 fully saturated rings. The fraction of sp³-hybridized carbons (Fsp3) is 0.654. The van der Waals surface area contributed by atoms with Crippen molar-refractivity contribution in [3.8, 4) is 0 Å². The van der Waals surface area contributed by atoms with Crippen LogP contribution in [0.2, 0.25) is 0 Å². The minimum atomic E-state index is -3.88. The van der Waals surface area contributed by atoms with E-state index < -0.39 is 60.3 Å². The summed E-state index contributed by atoms with van der Waals surface area (Å²) >= 11 is 0. The molecule has 0 saturated carbocycles. The topological polar surface area (TPSA) is 128 Å². The molecule has 0 spiro atoms. The molecule has 0 radical (unpaired) electrons. The summed E-state index contributed by atoms with van der Waals surface area (Å²) in [6.45, 7) is 15.0. The van der Waals surface area contributed by atoms with Crippen LogP contribution in [-0.4, -0.2) is 51.9 Å². The second-order valence-electron chi connectivity index (χ2n) is 11.9. The lowest BCUT2D eigenvalue weighted by Gasteiger charge is -2.30. The first-order valence-electron chi connectivity index (χ1n) is 12.0. The highest BCUT2D eigenvalue weighted by molar-refractivity contribution is 7.57. The molecule has 0 bridgehead atoms. The molecule has 0 aliphatic carbocycles. The second kappa shape index (κ2) is 12.2. The molecule has 1 rings (SSSR count). The first-order valence-corrected chi connectivity index (χ1v) is 14.0. The van der Waals surface area contributed by atoms with E-state index in [1.807, 2.05) is 0 Å². The van der Waals surface area contributed by atoms with Crippen LogP contribution in [0.3, 0.4) is 0 Å². The van der Waals surface area contributed by atoms with Gasteiger partial charge in [0.1, 0.15) is 22.8 Å². The number of amides is 1. The highest BCUT2D eigenvalue weighted by atomic mass is 31.2. The predicted molar refractivity (Wildman–Crippen MR) is 138 cm³/mol. The third-order valence-electron chi connectivity index (χ3n) is 4.42. The number of benzene rings is 1. The number of hydrogen-bond donors (Lipinski definition) is 2. The molecular formula is C26H42NO8P. The van der Waals surface area contributed by atoms with Gasteiger partial charge in [0.25, 0.3) is 0 Å². The van der Waals surface area contributed by atoms with E-state index in [0.717, 1.165) is 0 Å². The lowest BCUT2D eigenvalue weighted by Crippen LogP contribution is -2.48. The van der Waals surface area contributed by atoms with Gasteiger partial charge < -0.3 is 24.4 Å². The van der Waals surface area contributed by atoms with E-state index >= 15 is 0 Å². The summed E-state index contributed by atoms with van der Waals surface area (Å²) in [4.78, 5) is 49.3. The monoisotopic (exact) mass is 527 g/mol. The van der Waals surface area contributed by atoms with Gasteiger partial charge in [-0.1, -0.05) is 30.3 Å². The third kappa shape index (κ3) is 13.6. The summed E-state index contributed by atoms with van der Waals surface area (Å²) in [6, 6.07) is 7.43. The van der Waals surface area contributed by atoms with Crippen LogP contribution in [0.1, 0.15) is 74.3 Å². The van der Waals surface area contributed by atoms with Gasteiger partial charge in [-0.2, -0.15) is 0 Å². The lowest BCUT2D eigenvalue weighted by molar-refractivity contribution is -0.162. The standard InChI is InChI=1S/C26H42NO8P/c1-24(2,3)33-21(28)19(17-36(31,32)16-18-13-11-10-12-14-18)15-20(22(29)34-25(4,5)6)27-23(30)35-26(7,8)9/h10-14,19-20H,15-17H2,1-9H3,(H,27,30)(H,31,32)/t19?,20-/m0/s1. The van der Waals surface area contributed by atoms with Crippen molar-refractivity contribution in [2.24, 2.45) is 5.92 Å². The fourth-order valence-corrected chi connectivity index (χ4v) is 5.13. The highest BCUT2D eigenvalue weighted by Crippen LogP contribution is 2.47. The van der Waals surface area contributed by atoms with Crippen LogP contribution < -0.4 is 5.32 Å². The third-order valence-corrected chi connectivity index (χ3v) is 6.29. The van der Waals surface area contributed by atoms with Crippen LogP contribution in [-0.2, 0) is 34.5 Å². The molecule has 1 amide bonds. The number of rotatable bonds is 9. The Morgan fingerprint density at radius 2 is 1.31 bits per heavy atom. The van der Waals surface area contributed by atoms with Crippen LogP contribution >= 0.6 is 7.37 Å². The molecule has 204 valence electrons. The number of carbonyl (C=O) groups is 3. The van der Waals surface area contributed by atoms with Crippen molar-refractivity contribution in [1.29, 1.82) is 0 Å². The van der Waals surface area contributed by atoms with E-state index in [2.05, 4.69) is 5.32 Å². The number of hydrogen-bond acceptors (Lipinski definition) is 7. The van der Waals surface area contributed by atoms with Gasteiger partial charge >= 0.3 is 18.0 Å². The summed E-state index contributed by atoms with van der Waals surface area (Å²) in [7, 11) is -3.88. The molecule has 10 heteroatoms. The van der Waals surface area contributed by atoms with Crippen LogP contribution in [0.5, 0.6) is 0 Å². The average molecular weight is 528 g/mol. The number of nitrogens with one attached hydrogen (secondary N) is 1. The number of carbonyl (C=O) groups excluding carboxylic acids is 3. The molecule has 3 atom stereocenters. The van der Waals surface area contributed by atoms with Gasteiger partial charge in [0.05, 0.1) is 5.92 Å². The maximum absolute atomic E-state index is 13.2. The lowest BCUT2D eigenvalue weighted by atomic mass is 10.0. The Morgan fingerprint density at radius 1 is 0.833 bits per heavy atom. The molecule has 9 nitrogen and oxygen atoms in total. The zero-order chi connectivity index (χ0) is 27.9. The normalized spacial score (nSPS) is 15.7. The van der Waals surface area contributed by atoms with Crippen molar-refractivity contribution in [3.05, 3.63) is 35.9 Å². The summed E-state index contributed by atoms with van der Waals surface area (Å²) in [6.07, 6.45) is -1.77. The fourth-order valence-electron chi connectivity index (χ4n) is 3.23. The van der Waals surface area contributed by atoms with Crippen LogP contribution in [0.15, 0.2) is 30.3 Å². The summed E-state index contributed by atoms with van der Waals surface area (Å²) in [5.74, 6) is -2.71. The van der Waals surface area contributed by atoms with E-state index in [9.17, 15) is 23.8 Å². The van der Waals surface area contributed by atoms with Gasteiger partial charge in [-0.3, -0.25) is 9.36 Å². The maximum Gasteiger partial charge on any atom is 0.408 e.